The number of anilines is 2. The summed E-state index contributed by atoms with van der Waals surface area (Å²) in [5, 5.41) is 0. The Morgan fingerprint density at radius 2 is 1.79 bits per heavy atom. The van der Waals surface area contributed by atoms with Crippen LogP contribution in [0.3, 0.4) is 0 Å². The van der Waals surface area contributed by atoms with E-state index in [9.17, 15) is 4.79 Å². The summed E-state index contributed by atoms with van der Waals surface area (Å²) in [6, 6.07) is 10.7. The number of nitrogen functional groups attached to an aromatic ring is 2. The normalized spacial score (nSPS) is 10.2. The van der Waals surface area contributed by atoms with E-state index in [-0.39, 0.29) is 11.5 Å². The van der Waals surface area contributed by atoms with E-state index >= 15 is 0 Å². The first-order valence-corrected chi connectivity index (χ1v) is 5.88. The minimum absolute atomic E-state index is 0.131. The van der Waals surface area contributed by atoms with Crippen molar-refractivity contribution in [1.82, 2.24) is 0 Å². The van der Waals surface area contributed by atoms with E-state index in [0.29, 0.717) is 22.6 Å². The zero-order valence-corrected chi connectivity index (χ0v) is 10.9. The summed E-state index contributed by atoms with van der Waals surface area (Å²) < 4.78 is 5.16. The van der Waals surface area contributed by atoms with Gasteiger partial charge in [0.1, 0.15) is 0 Å². The number of carbonyl (C=O) groups excluding carboxylic acids is 1. The second-order valence-corrected chi connectivity index (χ2v) is 4.30. The summed E-state index contributed by atoms with van der Waals surface area (Å²) in [6.07, 6.45) is 0. The maximum Gasteiger partial charge on any atom is 0.195 e. The molecule has 0 aliphatic rings. The molecule has 4 nitrogen and oxygen atoms in total. The average Bonchev–Trinajstić information content (AvgIpc) is 2.39. The van der Waals surface area contributed by atoms with Crippen molar-refractivity contribution in [3.05, 3.63) is 53.1 Å². The Balaban J connectivity index is 2.60. The quantitative estimate of drug-likeness (QED) is 0.653. The second-order valence-electron chi connectivity index (χ2n) is 4.30. The second kappa shape index (κ2) is 5.02. The SMILES string of the molecule is COc1c(N)cc(C)c(C(=O)c2ccccc2)c1N. The first-order valence-electron chi connectivity index (χ1n) is 5.88. The molecule has 0 saturated heterocycles. The lowest BCUT2D eigenvalue weighted by molar-refractivity contribution is 0.103. The number of aryl methyl sites for hydroxylation is 1. The van der Waals surface area contributed by atoms with E-state index in [1.807, 2.05) is 25.1 Å². The third-order valence-electron chi connectivity index (χ3n) is 3.01. The Labute approximate surface area is 112 Å². The molecule has 0 spiro atoms. The third kappa shape index (κ3) is 2.25. The Morgan fingerprint density at radius 1 is 1.16 bits per heavy atom. The molecular weight excluding hydrogens is 240 g/mol. The van der Waals surface area contributed by atoms with Gasteiger partial charge in [-0.25, -0.2) is 0 Å². The zero-order valence-electron chi connectivity index (χ0n) is 10.9. The standard InChI is InChI=1S/C15H16N2O2/c1-9-8-11(16)15(19-2)13(17)12(9)14(18)10-6-4-3-5-7-10/h3-8H,16-17H2,1-2H3. The number of carbonyl (C=O) groups is 1. The number of rotatable bonds is 3. The maximum absolute atomic E-state index is 12.5. The van der Waals surface area contributed by atoms with Crippen molar-refractivity contribution < 1.29 is 9.53 Å². The Kier molecular flexibility index (Phi) is 3.42. The summed E-state index contributed by atoms with van der Waals surface area (Å²) in [7, 11) is 1.48. The fourth-order valence-electron chi connectivity index (χ4n) is 2.12. The van der Waals surface area contributed by atoms with Crippen LogP contribution >= 0.6 is 0 Å². The predicted molar refractivity (Wildman–Crippen MR) is 76.4 cm³/mol. The highest BCUT2D eigenvalue weighted by Gasteiger charge is 2.20. The van der Waals surface area contributed by atoms with Gasteiger partial charge in [0.15, 0.2) is 11.5 Å². The van der Waals surface area contributed by atoms with E-state index in [1.54, 1.807) is 18.2 Å². The van der Waals surface area contributed by atoms with Crippen LogP contribution in [0.2, 0.25) is 0 Å². The minimum Gasteiger partial charge on any atom is -0.492 e. The van der Waals surface area contributed by atoms with Gasteiger partial charge >= 0.3 is 0 Å². The molecule has 2 rings (SSSR count). The summed E-state index contributed by atoms with van der Waals surface area (Å²) in [4.78, 5) is 12.5. The molecule has 2 aromatic carbocycles. The molecule has 0 radical (unpaired) electrons. The van der Waals surface area contributed by atoms with Crippen LogP contribution in [0.1, 0.15) is 21.5 Å². The summed E-state index contributed by atoms with van der Waals surface area (Å²) in [6.45, 7) is 1.81. The van der Waals surface area contributed by atoms with Crippen molar-refractivity contribution in [2.75, 3.05) is 18.6 Å². The lowest BCUT2D eigenvalue weighted by Crippen LogP contribution is -2.10. The molecule has 0 bridgehead atoms. The summed E-state index contributed by atoms with van der Waals surface area (Å²) >= 11 is 0. The lowest BCUT2D eigenvalue weighted by Gasteiger charge is -2.14. The highest BCUT2D eigenvalue weighted by molar-refractivity contribution is 6.14. The third-order valence-corrected chi connectivity index (χ3v) is 3.01. The van der Waals surface area contributed by atoms with Crippen molar-refractivity contribution in [3.8, 4) is 5.75 Å². The van der Waals surface area contributed by atoms with Crippen LogP contribution in [0.25, 0.3) is 0 Å². The largest absolute Gasteiger partial charge is 0.492 e. The first kappa shape index (κ1) is 13.0. The molecule has 0 atom stereocenters. The molecule has 98 valence electrons. The van der Waals surface area contributed by atoms with Crippen molar-refractivity contribution in [2.24, 2.45) is 0 Å². The van der Waals surface area contributed by atoms with Crippen LogP contribution in [0.5, 0.6) is 5.75 Å². The van der Waals surface area contributed by atoms with E-state index in [1.165, 1.54) is 7.11 Å². The molecular formula is C15H16N2O2. The molecule has 0 amide bonds. The van der Waals surface area contributed by atoms with Gasteiger partial charge in [-0.3, -0.25) is 4.79 Å². The summed E-state index contributed by atoms with van der Waals surface area (Å²) in [5.74, 6) is 0.221. The van der Waals surface area contributed by atoms with Crippen LogP contribution in [-0.4, -0.2) is 12.9 Å². The van der Waals surface area contributed by atoms with Crippen LogP contribution in [0.4, 0.5) is 11.4 Å². The molecule has 4 N–H and O–H groups in total. The van der Waals surface area contributed by atoms with Crippen LogP contribution < -0.4 is 16.2 Å². The van der Waals surface area contributed by atoms with Gasteiger partial charge in [0, 0.05) is 5.56 Å². The van der Waals surface area contributed by atoms with Crippen molar-refractivity contribution in [3.63, 3.8) is 0 Å². The number of ketones is 1. The van der Waals surface area contributed by atoms with Gasteiger partial charge in [-0.2, -0.15) is 0 Å². The fraction of sp³-hybridized carbons (Fsp3) is 0.133. The Hall–Kier alpha value is -2.49. The van der Waals surface area contributed by atoms with Gasteiger partial charge in [0.2, 0.25) is 0 Å². The number of methoxy groups -OCH3 is 1. The average molecular weight is 256 g/mol. The highest BCUT2D eigenvalue weighted by atomic mass is 16.5. The predicted octanol–water partition coefficient (Wildman–Crippen LogP) is 2.40. The number of hydrogen-bond donors (Lipinski definition) is 2. The Morgan fingerprint density at radius 3 is 2.37 bits per heavy atom. The number of benzene rings is 2. The van der Waals surface area contributed by atoms with Gasteiger partial charge < -0.3 is 16.2 Å². The van der Waals surface area contributed by atoms with Gasteiger partial charge in [0.05, 0.1) is 24.0 Å². The summed E-state index contributed by atoms with van der Waals surface area (Å²) in [5.41, 5.74) is 14.3. The van der Waals surface area contributed by atoms with E-state index in [2.05, 4.69) is 0 Å². The molecule has 0 saturated carbocycles. The Bertz CT molecular complexity index is 622. The van der Waals surface area contributed by atoms with E-state index < -0.39 is 0 Å². The van der Waals surface area contributed by atoms with Crippen molar-refractivity contribution in [1.29, 1.82) is 0 Å². The topological polar surface area (TPSA) is 78.3 Å². The van der Waals surface area contributed by atoms with Crippen LogP contribution in [0, 0.1) is 6.92 Å². The van der Waals surface area contributed by atoms with Gasteiger partial charge in [-0.1, -0.05) is 30.3 Å². The van der Waals surface area contributed by atoms with Crippen LogP contribution in [-0.2, 0) is 0 Å². The molecule has 4 heteroatoms. The highest BCUT2D eigenvalue weighted by Crippen LogP contribution is 2.35. The van der Waals surface area contributed by atoms with Gasteiger partial charge in [-0.15, -0.1) is 0 Å². The van der Waals surface area contributed by atoms with Gasteiger partial charge in [-0.05, 0) is 18.6 Å². The van der Waals surface area contributed by atoms with Crippen LogP contribution in [0.15, 0.2) is 36.4 Å². The van der Waals surface area contributed by atoms with Crippen molar-refractivity contribution in [2.45, 2.75) is 6.92 Å². The molecule has 0 fully saturated rings. The number of nitrogens with two attached hydrogens (primary N) is 2. The smallest absolute Gasteiger partial charge is 0.195 e. The molecule has 0 aliphatic carbocycles. The zero-order chi connectivity index (χ0) is 14.0. The fourth-order valence-corrected chi connectivity index (χ4v) is 2.12. The molecule has 0 aromatic heterocycles. The van der Waals surface area contributed by atoms with Crippen molar-refractivity contribution >= 4 is 17.2 Å². The molecule has 2 aromatic rings. The molecule has 0 heterocycles. The minimum atomic E-state index is -0.131. The lowest BCUT2D eigenvalue weighted by atomic mass is 9.96. The monoisotopic (exact) mass is 256 g/mol. The molecule has 19 heavy (non-hydrogen) atoms. The molecule has 0 unspecified atom stereocenters. The number of ether oxygens (including phenoxy) is 1. The first-order chi connectivity index (χ1) is 9.06. The molecule has 0 aliphatic heterocycles. The van der Waals surface area contributed by atoms with E-state index in [0.717, 1.165) is 5.56 Å². The van der Waals surface area contributed by atoms with Gasteiger partial charge in [0.25, 0.3) is 0 Å². The van der Waals surface area contributed by atoms with E-state index in [4.69, 9.17) is 16.2 Å². The maximum atomic E-state index is 12.5. The number of hydrogen-bond acceptors (Lipinski definition) is 4.